The second-order valence-corrected chi connectivity index (χ2v) is 5.54. The Kier molecular flexibility index (Phi) is 5.35. The van der Waals surface area contributed by atoms with Crippen molar-refractivity contribution in [2.75, 3.05) is 11.9 Å². The summed E-state index contributed by atoms with van der Waals surface area (Å²) in [7, 11) is 0. The molecule has 1 amide bonds. The van der Waals surface area contributed by atoms with E-state index < -0.39 is 5.91 Å². The van der Waals surface area contributed by atoms with E-state index in [2.05, 4.69) is 5.32 Å². The molecule has 0 radical (unpaired) electrons. The predicted molar refractivity (Wildman–Crippen MR) is 83.7 cm³/mol. The molecule has 5 heteroatoms. The lowest BCUT2D eigenvalue weighted by atomic mass is 9.90. The van der Waals surface area contributed by atoms with Crippen molar-refractivity contribution in [1.29, 1.82) is 0 Å². The molecule has 1 aliphatic carbocycles. The van der Waals surface area contributed by atoms with E-state index in [1.165, 1.54) is 32.1 Å². The first-order chi connectivity index (χ1) is 9.65. The van der Waals surface area contributed by atoms with E-state index in [-0.39, 0.29) is 0 Å². The monoisotopic (exact) mass is 292 g/mol. The summed E-state index contributed by atoms with van der Waals surface area (Å²) in [5.41, 5.74) is 6.41. The van der Waals surface area contributed by atoms with Gasteiger partial charge in [-0.15, -0.1) is 0 Å². The van der Waals surface area contributed by atoms with Crippen LogP contribution in [-0.2, 0) is 4.74 Å². The molecule has 0 saturated heterocycles. The Morgan fingerprint density at radius 1 is 1.35 bits per heavy atom. The zero-order chi connectivity index (χ0) is 14.4. The van der Waals surface area contributed by atoms with Gasteiger partial charge in [-0.1, -0.05) is 25.3 Å². The minimum atomic E-state index is -0.456. The van der Waals surface area contributed by atoms with Crippen LogP contribution in [0.2, 0.25) is 0 Å². The Morgan fingerprint density at radius 3 is 2.80 bits per heavy atom. The Balaban J connectivity index is 1.81. The highest BCUT2D eigenvalue weighted by Crippen LogP contribution is 2.23. The van der Waals surface area contributed by atoms with Gasteiger partial charge in [0.2, 0.25) is 5.91 Å². The fraction of sp³-hybridized carbons (Fsp3) is 0.467. The highest BCUT2D eigenvalue weighted by atomic mass is 32.1. The normalized spacial score (nSPS) is 15.6. The van der Waals surface area contributed by atoms with Crippen molar-refractivity contribution in [2.45, 2.75) is 32.1 Å². The molecule has 0 heterocycles. The van der Waals surface area contributed by atoms with Crippen LogP contribution in [0.15, 0.2) is 24.3 Å². The summed E-state index contributed by atoms with van der Waals surface area (Å²) in [6.45, 7) is 0.668. The molecule has 0 atom stereocenters. The number of hydrogen-bond donors (Lipinski definition) is 2. The van der Waals surface area contributed by atoms with Crippen LogP contribution in [0, 0.1) is 5.92 Å². The van der Waals surface area contributed by atoms with E-state index in [9.17, 15) is 4.79 Å². The maximum absolute atomic E-state index is 11.1. The zero-order valence-corrected chi connectivity index (χ0v) is 12.2. The van der Waals surface area contributed by atoms with Gasteiger partial charge in [-0.3, -0.25) is 4.79 Å². The number of amides is 1. The predicted octanol–water partition coefficient (Wildman–Crippen LogP) is 3.08. The Hall–Kier alpha value is -1.62. The molecular formula is C15H20N2O2S. The lowest BCUT2D eigenvalue weighted by molar-refractivity contribution is 0.100. The summed E-state index contributed by atoms with van der Waals surface area (Å²) in [6, 6.07) is 6.91. The number of benzene rings is 1. The molecule has 1 aromatic rings. The molecule has 108 valence electrons. The van der Waals surface area contributed by atoms with Crippen LogP contribution >= 0.6 is 12.2 Å². The molecule has 0 unspecified atom stereocenters. The van der Waals surface area contributed by atoms with E-state index in [0.717, 1.165) is 5.69 Å². The second-order valence-electron chi connectivity index (χ2n) is 5.17. The topological polar surface area (TPSA) is 64.4 Å². The van der Waals surface area contributed by atoms with E-state index in [4.69, 9.17) is 22.7 Å². The molecule has 20 heavy (non-hydrogen) atoms. The summed E-state index contributed by atoms with van der Waals surface area (Å²) in [6.07, 6.45) is 6.35. The third kappa shape index (κ3) is 4.49. The van der Waals surface area contributed by atoms with Gasteiger partial charge in [-0.2, -0.15) is 0 Å². The van der Waals surface area contributed by atoms with Gasteiger partial charge in [0.25, 0.3) is 5.17 Å². The molecule has 1 aliphatic rings. The van der Waals surface area contributed by atoms with Crippen molar-refractivity contribution in [2.24, 2.45) is 11.7 Å². The van der Waals surface area contributed by atoms with Gasteiger partial charge in [0, 0.05) is 11.3 Å². The molecule has 4 nitrogen and oxygen atoms in total. The lowest BCUT2D eigenvalue weighted by Gasteiger charge is -2.21. The summed E-state index contributed by atoms with van der Waals surface area (Å²) >= 11 is 5.16. The fourth-order valence-corrected chi connectivity index (χ4v) is 2.64. The number of anilines is 1. The number of thiocarbonyl (C=S) groups is 1. The Labute approximate surface area is 124 Å². The van der Waals surface area contributed by atoms with Crippen LogP contribution in [-0.4, -0.2) is 17.7 Å². The van der Waals surface area contributed by atoms with Crippen molar-refractivity contribution in [1.82, 2.24) is 0 Å². The smallest absolute Gasteiger partial charge is 0.261 e. The van der Waals surface area contributed by atoms with E-state index in [1.807, 2.05) is 6.07 Å². The second kappa shape index (κ2) is 7.24. The number of carbonyl (C=O) groups is 1. The van der Waals surface area contributed by atoms with Crippen LogP contribution in [0.5, 0.6) is 0 Å². The van der Waals surface area contributed by atoms with Gasteiger partial charge in [0.05, 0.1) is 6.61 Å². The molecule has 1 aromatic carbocycles. The van der Waals surface area contributed by atoms with Crippen molar-refractivity contribution < 1.29 is 9.53 Å². The summed E-state index contributed by atoms with van der Waals surface area (Å²) in [5.74, 6) is 0.156. The number of nitrogens with two attached hydrogens (primary N) is 1. The van der Waals surface area contributed by atoms with Gasteiger partial charge in [-0.25, -0.2) is 0 Å². The molecule has 1 saturated carbocycles. The van der Waals surface area contributed by atoms with Crippen LogP contribution in [0.1, 0.15) is 42.5 Å². The summed E-state index contributed by atoms with van der Waals surface area (Å²) in [4.78, 5) is 11.1. The van der Waals surface area contributed by atoms with E-state index in [0.29, 0.717) is 23.3 Å². The first-order valence-electron chi connectivity index (χ1n) is 6.99. The summed E-state index contributed by atoms with van der Waals surface area (Å²) < 4.78 is 5.59. The van der Waals surface area contributed by atoms with Crippen molar-refractivity contribution in [3.8, 4) is 0 Å². The molecule has 2 rings (SSSR count). The molecule has 3 N–H and O–H groups in total. The average Bonchev–Trinajstić information content (AvgIpc) is 2.46. The van der Waals surface area contributed by atoms with E-state index in [1.54, 1.807) is 18.2 Å². The molecule has 0 aromatic heterocycles. The quantitative estimate of drug-likeness (QED) is 0.837. The number of ether oxygens (including phenoxy) is 1. The highest BCUT2D eigenvalue weighted by Gasteiger charge is 2.14. The lowest BCUT2D eigenvalue weighted by Crippen LogP contribution is -2.20. The van der Waals surface area contributed by atoms with E-state index >= 15 is 0 Å². The minimum Gasteiger partial charge on any atom is -0.471 e. The third-order valence-corrected chi connectivity index (χ3v) is 3.79. The summed E-state index contributed by atoms with van der Waals surface area (Å²) in [5, 5.41) is 3.32. The largest absolute Gasteiger partial charge is 0.471 e. The Bertz CT molecular complexity index is 485. The van der Waals surface area contributed by atoms with Crippen molar-refractivity contribution in [3.63, 3.8) is 0 Å². The maximum atomic E-state index is 11.1. The molecule has 0 aliphatic heterocycles. The first-order valence-corrected chi connectivity index (χ1v) is 7.39. The number of primary amides is 1. The third-order valence-electron chi connectivity index (χ3n) is 3.57. The van der Waals surface area contributed by atoms with Crippen molar-refractivity contribution >= 4 is 29.0 Å². The fourth-order valence-electron chi connectivity index (χ4n) is 2.45. The van der Waals surface area contributed by atoms with Gasteiger partial charge in [0.15, 0.2) is 0 Å². The van der Waals surface area contributed by atoms with Crippen LogP contribution in [0.25, 0.3) is 0 Å². The SMILES string of the molecule is NC(=O)c1cccc(NC(=S)OCC2CCCCC2)c1. The zero-order valence-electron chi connectivity index (χ0n) is 11.4. The van der Waals surface area contributed by atoms with Gasteiger partial charge in [0.1, 0.15) is 0 Å². The van der Waals surface area contributed by atoms with Gasteiger partial charge < -0.3 is 15.8 Å². The molecule has 1 fully saturated rings. The van der Waals surface area contributed by atoms with Gasteiger partial charge in [-0.05, 0) is 49.2 Å². The van der Waals surface area contributed by atoms with Crippen LogP contribution in [0.4, 0.5) is 5.69 Å². The maximum Gasteiger partial charge on any atom is 0.261 e. The van der Waals surface area contributed by atoms with Gasteiger partial charge >= 0.3 is 0 Å². The van der Waals surface area contributed by atoms with Crippen LogP contribution < -0.4 is 11.1 Å². The molecular weight excluding hydrogens is 272 g/mol. The number of nitrogens with one attached hydrogen (secondary N) is 1. The number of hydrogen-bond acceptors (Lipinski definition) is 3. The number of rotatable bonds is 4. The van der Waals surface area contributed by atoms with Crippen LogP contribution in [0.3, 0.4) is 0 Å². The standard InChI is InChI=1S/C15H20N2O2S/c16-14(18)12-7-4-8-13(9-12)17-15(20)19-10-11-5-2-1-3-6-11/h4,7-9,11H,1-3,5-6,10H2,(H2,16,18)(H,17,20). The number of carbonyl (C=O) groups excluding carboxylic acids is 1. The average molecular weight is 292 g/mol. The highest BCUT2D eigenvalue weighted by molar-refractivity contribution is 7.80. The minimum absolute atomic E-state index is 0.345. The van der Waals surface area contributed by atoms with Crippen molar-refractivity contribution in [3.05, 3.63) is 29.8 Å². The first kappa shape index (κ1) is 14.8. The molecule has 0 bridgehead atoms. The molecule has 0 spiro atoms. The Morgan fingerprint density at radius 2 is 2.10 bits per heavy atom.